The van der Waals surface area contributed by atoms with E-state index in [1.54, 1.807) is 0 Å². The molecule has 0 aliphatic rings. The van der Waals surface area contributed by atoms with Gasteiger partial charge >= 0.3 is 0 Å². The molecule has 0 radical (unpaired) electrons. The third kappa shape index (κ3) is 4.88. The predicted molar refractivity (Wildman–Crippen MR) is 77.9 cm³/mol. The van der Waals surface area contributed by atoms with Gasteiger partial charge in [-0.3, -0.25) is 0 Å². The number of ether oxygens (including phenoxy) is 1. The average molecular weight is 265 g/mol. The summed E-state index contributed by atoms with van der Waals surface area (Å²) < 4.78 is 5.85. The zero-order chi connectivity index (χ0) is 14.6. The Morgan fingerprint density at radius 1 is 1.32 bits per heavy atom. The van der Waals surface area contributed by atoms with E-state index in [1.807, 2.05) is 26.8 Å². The fraction of sp³-hybridized carbons (Fsp3) is 0.733. The van der Waals surface area contributed by atoms with Gasteiger partial charge in [0.1, 0.15) is 6.10 Å². The molecular formula is C15H27N3O. The highest BCUT2D eigenvalue weighted by molar-refractivity contribution is 5.13. The molecule has 4 heteroatoms. The summed E-state index contributed by atoms with van der Waals surface area (Å²) in [4.78, 5) is 9.19. The summed E-state index contributed by atoms with van der Waals surface area (Å²) in [5.74, 6) is 0.769. The molecule has 1 heterocycles. The van der Waals surface area contributed by atoms with E-state index in [9.17, 15) is 0 Å². The SMILES string of the molecule is CCOC(c1nc(C)cc(CC(C)N)n1)C(C)(C)C. The lowest BCUT2D eigenvalue weighted by Gasteiger charge is -2.29. The van der Waals surface area contributed by atoms with E-state index in [2.05, 4.69) is 30.7 Å². The van der Waals surface area contributed by atoms with E-state index < -0.39 is 0 Å². The molecule has 1 rings (SSSR count). The van der Waals surface area contributed by atoms with Crippen molar-refractivity contribution in [3.8, 4) is 0 Å². The molecule has 0 spiro atoms. The van der Waals surface area contributed by atoms with Gasteiger partial charge in [0.15, 0.2) is 5.82 Å². The Kier molecular flexibility index (Phi) is 5.44. The van der Waals surface area contributed by atoms with E-state index in [-0.39, 0.29) is 17.6 Å². The van der Waals surface area contributed by atoms with Gasteiger partial charge in [-0.05, 0) is 32.3 Å². The van der Waals surface area contributed by atoms with Gasteiger partial charge in [-0.2, -0.15) is 0 Å². The summed E-state index contributed by atoms with van der Waals surface area (Å²) >= 11 is 0. The lowest BCUT2D eigenvalue weighted by molar-refractivity contribution is -0.0193. The second-order valence-corrected chi connectivity index (χ2v) is 6.24. The maximum Gasteiger partial charge on any atom is 0.158 e. The molecule has 0 bridgehead atoms. The molecule has 2 N–H and O–H groups in total. The van der Waals surface area contributed by atoms with Gasteiger partial charge in [0.25, 0.3) is 0 Å². The van der Waals surface area contributed by atoms with Crippen LogP contribution in [0.4, 0.5) is 0 Å². The molecule has 0 aliphatic heterocycles. The lowest BCUT2D eigenvalue weighted by Crippen LogP contribution is -2.25. The second-order valence-electron chi connectivity index (χ2n) is 6.24. The van der Waals surface area contributed by atoms with Crippen molar-refractivity contribution in [1.29, 1.82) is 0 Å². The smallest absolute Gasteiger partial charge is 0.158 e. The minimum absolute atomic E-state index is 0.0323. The normalized spacial score (nSPS) is 15.3. The summed E-state index contributed by atoms with van der Waals surface area (Å²) in [6.07, 6.45) is 0.670. The molecule has 2 unspecified atom stereocenters. The number of aryl methyl sites for hydroxylation is 1. The van der Waals surface area contributed by atoms with E-state index in [0.29, 0.717) is 6.61 Å². The standard InChI is InChI=1S/C15H27N3O/c1-7-19-13(15(4,5)6)14-17-11(3)9-12(18-14)8-10(2)16/h9-10,13H,7-8,16H2,1-6H3. The summed E-state index contributed by atoms with van der Waals surface area (Å²) in [6.45, 7) is 13.1. The van der Waals surface area contributed by atoms with Crippen molar-refractivity contribution in [2.75, 3.05) is 6.61 Å². The number of rotatable bonds is 5. The van der Waals surface area contributed by atoms with Crippen LogP contribution in [-0.4, -0.2) is 22.6 Å². The molecule has 0 fully saturated rings. The van der Waals surface area contributed by atoms with Gasteiger partial charge in [0.2, 0.25) is 0 Å². The van der Waals surface area contributed by atoms with Crippen LogP contribution in [-0.2, 0) is 11.2 Å². The quantitative estimate of drug-likeness (QED) is 0.889. The Hall–Kier alpha value is -1.00. The Labute approximate surface area is 116 Å². The van der Waals surface area contributed by atoms with Crippen LogP contribution in [0, 0.1) is 12.3 Å². The average Bonchev–Trinajstić information content (AvgIpc) is 2.22. The van der Waals surface area contributed by atoms with Crippen LogP contribution < -0.4 is 5.73 Å². The fourth-order valence-electron chi connectivity index (χ4n) is 2.09. The largest absolute Gasteiger partial charge is 0.370 e. The summed E-state index contributed by atoms with van der Waals surface area (Å²) in [5, 5.41) is 0. The first-order valence-electron chi connectivity index (χ1n) is 6.95. The van der Waals surface area contributed by atoms with Crippen LogP contribution in [0.5, 0.6) is 0 Å². The van der Waals surface area contributed by atoms with Crippen molar-refractivity contribution < 1.29 is 4.74 Å². The molecule has 2 atom stereocenters. The highest BCUT2D eigenvalue weighted by Gasteiger charge is 2.29. The Bertz CT molecular complexity index is 410. The number of nitrogens with zero attached hydrogens (tertiary/aromatic N) is 2. The summed E-state index contributed by atoms with van der Waals surface area (Å²) in [6, 6.07) is 2.10. The number of hydrogen-bond donors (Lipinski definition) is 1. The molecule has 0 amide bonds. The summed E-state index contributed by atoms with van der Waals surface area (Å²) in [7, 11) is 0. The van der Waals surface area contributed by atoms with Crippen molar-refractivity contribution in [2.24, 2.45) is 11.1 Å². The first-order valence-corrected chi connectivity index (χ1v) is 6.95. The molecule has 1 aromatic heterocycles. The van der Waals surface area contributed by atoms with Gasteiger partial charge in [0, 0.05) is 30.5 Å². The molecule has 0 aliphatic carbocycles. The van der Waals surface area contributed by atoms with Crippen molar-refractivity contribution >= 4 is 0 Å². The van der Waals surface area contributed by atoms with Crippen LogP contribution in [0.15, 0.2) is 6.07 Å². The zero-order valence-electron chi connectivity index (χ0n) is 13.0. The van der Waals surface area contributed by atoms with Gasteiger partial charge in [-0.1, -0.05) is 20.8 Å². The van der Waals surface area contributed by atoms with E-state index in [4.69, 9.17) is 10.5 Å². The Morgan fingerprint density at radius 3 is 2.42 bits per heavy atom. The topological polar surface area (TPSA) is 61.0 Å². The highest BCUT2D eigenvalue weighted by Crippen LogP contribution is 2.34. The van der Waals surface area contributed by atoms with E-state index >= 15 is 0 Å². The molecule has 4 nitrogen and oxygen atoms in total. The third-order valence-electron chi connectivity index (χ3n) is 2.81. The Morgan fingerprint density at radius 2 is 1.95 bits per heavy atom. The number of nitrogens with two attached hydrogens (primary N) is 1. The molecular weight excluding hydrogens is 238 g/mol. The molecule has 0 saturated heterocycles. The number of hydrogen-bond acceptors (Lipinski definition) is 4. The van der Waals surface area contributed by atoms with Crippen LogP contribution in [0.1, 0.15) is 57.9 Å². The van der Waals surface area contributed by atoms with Crippen molar-refractivity contribution in [1.82, 2.24) is 9.97 Å². The van der Waals surface area contributed by atoms with Crippen molar-refractivity contribution in [2.45, 2.75) is 60.1 Å². The van der Waals surface area contributed by atoms with Gasteiger partial charge in [-0.15, -0.1) is 0 Å². The molecule has 0 aromatic carbocycles. The third-order valence-corrected chi connectivity index (χ3v) is 2.81. The van der Waals surface area contributed by atoms with Crippen LogP contribution in [0.3, 0.4) is 0 Å². The molecule has 108 valence electrons. The molecule has 1 aromatic rings. The first kappa shape index (κ1) is 16.1. The minimum atomic E-state index is -0.0933. The second kappa shape index (κ2) is 6.44. The maximum absolute atomic E-state index is 5.85. The summed E-state index contributed by atoms with van der Waals surface area (Å²) in [5.41, 5.74) is 7.78. The predicted octanol–water partition coefficient (Wildman–Crippen LogP) is 2.80. The van der Waals surface area contributed by atoms with Crippen LogP contribution >= 0.6 is 0 Å². The van der Waals surface area contributed by atoms with Crippen molar-refractivity contribution in [3.05, 3.63) is 23.3 Å². The van der Waals surface area contributed by atoms with Crippen molar-refractivity contribution in [3.63, 3.8) is 0 Å². The molecule has 0 saturated carbocycles. The number of aromatic nitrogens is 2. The fourth-order valence-corrected chi connectivity index (χ4v) is 2.09. The highest BCUT2D eigenvalue weighted by atomic mass is 16.5. The van der Waals surface area contributed by atoms with E-state index in [0.717, 1.165) is 23.6 Å². The molecule has 19 heavy (non-hydrogen) atoms. The maximum atomic E-state index is 5.85. The van der Waals surface area contributed by atoms with Gasteiger partial charge < -0.3 is 10.5 Å². The van der Waals surface area contributed by atoms with E-state index in [1.165, 1.54) is 0 Å². The van der Waals surface area contributed by atoms with Crippen LogP contribution in [0.2, 0.25) is 0 Å². The zero-order valence-corrected chi connectivity index (χ0v) is 13.0. The lowest BCUT2D eigenvalue weighted by atomic mass is 9.88. The monoisotopic (exact) mass is 265 g/mol. The van der Waals surface area contributed by atoms with Gasteiger partial charge in [-0.25, -0.2) is 9.97 Å². The van der Waals surface area contributed by atoms with Gasteiger partial charge in [0.05, 0.1) is 0 Å². The Balaban J connectivity index is 3.12. The minimum Gasteiger partial charge on any atom is -0.370 e. The first-order chi connectivity index (χ1) is 8.74. The van der Waals surface area contributed by atoms with Crippen LogP contribution in [0.25, 0.3) is 0 Å².